The fraction of sp³-hybridized carbons (Fsp3) is 0.280. The highest BCUT2D eigenvalue weighted by Gasteiger charge is 2.29. The molecular weight excluding hydrogens is 405 g/mol. The van der Waals surface area contributed by atoms with Crippen LogP contribution in [0.3, 0.4) is 0 Å². The van der Waals surface area contributed by atoms with E-state index in [9.17, 15) is 14.4 Å². The summed E-state index contributed by atoms with van der Waals surface area (Å²) in [6.07, 6.45) is 5.79. The van der Waals surface area contributed by atoms with Gasteiger partial charge in [0.2, 0.25) is 11.9 Å². The molecule has 1 saturated carbocycles. The normalized spacial score (nSPS) is 15.1. The lowest BCUT2D eigenvalue weighted by molar-refractivity contribution is -0.117. The summed E-state index contributed by atoms with van der Waals surface area (Å²) in [6.45, 7) is 0.471. The minimum absolute atomic E-state index is 0.0408. The Labute approximate surface area is 185 Å². The van der Waals surface area contributed by atoms with Crippen LogP contribution in [0.25, 0.3) is 11.3 Å². The summed E-state index contributed by atoms with van der Waals surface area (Å²) in [5, 5.41) is 13.2. The molecule has 0 spiro atoms. The van der Waals surface area contributed by atoms with Crippen molar-refractivity contribution < 1.29 is 9.18 Å². The lowest BCUT2D eigenvalue weighted by Crippen LogP contribution is -2.31. The number of nitrogens with one attached hydrogen (secondary N) is 1. The van der Waals surface area contributed by atoms with Crippen LogP contribution in [0, 0.1) is 17.1 Å². The van der Waals surface area contributed by atoms with Gasteiger partial charge in [0.1, 0.15) is 11.9 Å². The van der Waals surface area contributed by atoms with Crippen LogP contribution < -0.4 is 10.2 Å². The molecule has 7 heteroatoms. The molecule has 3 aromatic rings. The second-order valence-electron chi connectivity index (χ2n) is 8.24. The van der Waals surface area contributed by atoms with Gasteiger partial charge < -0.3 is 10.2 Å². The molecule has 32 heavy (non-hydrogen) atoms. The summed E-state index contributed by atoms with van der Waals surface area (Å²) in [5.74, 6) is -0.0220. The Morgan fingerprint density at radius 3 is 2.84 bits per heavy atom. The number of hydrogen-bond donors (Lipinski definition) is 1. The van der Waals surface area contributed by atoms with Gasteiger partial charge in [0.05, 0.1) is 23.4 Å². The minimum atomic E-state index is -0.397. The van der Waals surface area contributed by atoms with E-state index in [0.29, 0.717) is 41.8 Å². The van der Waals surface area contributed by atoms with Crippen molar-refractivity contribution in [2.24, 2.45) is 0 Å². The van der Waals surface area contributed by atoms with Gasteiger partial charge in [-0.3, -0.25) is 4.79 Å². The zero-order chi connectivity index (χ0) is 22.1. The fourth-order valence-corrected chi connectivity index (χ4v) is 4.25. The number of anilines is 2. The number of nitrogens with zero attached hydrogens (tertiary/aromatic N) is 4. The van der Waals surface area contributed by atoms with Gasteiger partial charge in [-0.05, 0) is 61.1 Å². The summed E-state index contributed by atoms with van der Waals surface area (Å²) < 4.78 is 14.0. The van der Waals surface area contributed by atoms with Gasteiger partial charge in [0, 0.05) is 24.3 Å². The number of rotatable bonds is 5. The van der Waals surface area contributed by atoms with Crippen LogP contribution in [0.1, 0.15) is 36.0 Å². The first kappa shape index (κ1) is 20.1. The van der Waals surface area contributed by atoms with Crippen LogP contribution in [0.5, 0.6) is 0 Å². The van der Waals surface area contributed by atoms with E-state index in [1.165, 1.54) is 12.5 Å². The molecule has 6 nitrogen and oxygen atoms in total. The van der Waals surface area contributed by atoms with Gasteiger partial charge in [0.15, 0.2) is 0 Å². The SMILES string of the molecule is N#Cc1cc(-c2ccnc(NC3CCC3)n2)cc2c1N(C(=O)Cc1ccccc1F)CC2. The van der Waals surface area contributed by atoms with Gasteiger partial charge in [0.25, 0.3) is 0 Å². The average molecular weight is 427 g/mol. The number of aromatic nitrogens is 2. The highest BCUT2D eigenvalue weighted by atomic mass is 19.1. The lowest BCUT2D eigenvalue weighted by Gasteiger charge is -2.26. The van der Waals surface area contributed by atoms with Crippen molar-refractivity contribution in [3.63, 3.8) is 0 Å². The van der Waals surface area contributed by atoms with Gasteiger partial charge >= 0.3 is 0 Å². The molecule has 1 N–H and O–H groups in total. The molecule has 1 aliphatic heterocycles. The number of carbonyl (C=O) groups excluding carboxylic acids is 1. The Kier molecular flexibility index (Phi) is 5.28. The molecular formula is C25H22FN5O. The summed E-state index contributed by atoms with van der Waals surface area (Å²) in [6, 6.07) is 14.5. The summed E-state index contributed by atoms with van der Waals surface area (Å²) >= 11 is 0. The van der Waals surface area contributed by atoms with E-state index in [1.807, 2.05) is 12.1 Å². The number of halogens is 1. The average Bonchev–Trinajstić information content (AvgIpc) is 3.22. The number of fused-ring (bicyclic) bond motifs is 1. The molecule has 2 aromatic carbocycles. The van der Waals surface area contributed by atoms with Crippen LogP contribution in [-0.4, -0.2) is 28.5 Å². The van der Waals surface area contributed by atoms with Crippen molar-refractivity contribution in [3.05, 3.63) is 71.2 Å². The predicted octanol–water partition coefficient (Wildman–Crippen LogP) is 4.25. The maximum absolute atomic E-state index is 14.0. The van der Waals surface area contributed by atoms with Crippen molar-refractivity contribution in [2.75, 3.05) is 16.8 Å². The molecule has 1 amide bonds. The molecule has 0 bridgehead atoms. The van der Waals surface area contributed by atoms with Gasteiger partial charge in [-0.15, -0.1) is 0 Å². The molecule has 1 aromatic heterocycles. The first-order chi connectivity index (χ1) is 15.6. The molecule has 2 heterocycles. The van der Waals surface area contributed by atoms with Crippen molar-refractivity contribution in [1.82, 2.24) is 9.97 Å². The molecule has 2 aliphatic rings. The van der Waals surface area contributed by atoms with Crippen molar-refractivity contribution >= 4 is 17.5 Å². The standard InChI is InChI=1S/C25H22FN5O/c26-21-7-2-1-4-16(21)14-23(32)31-11-9-17-12-18(13-19(15-27)24(17)31)22-8-10-28-25(30-22)29-20-5-3-6-20/h1-2,4,7-8,10,12-13,20H,3,5-6,9,11,14H2,(H,28,29,30). The predicted molar refractivity (Wildman–Crippen MR) is 120 cm³/mol. The number of hydrogen-bond acceptors (Lipinski definition) is 5. The topological polar surface area (TPSA) is 81.9 Å². The quantitative estimate of drug-likeness (QED) is 0.658. The Hall–Kier alpha value is -3.79. The summed E-state index contributed by atoms with van der Waals surface area (Å²) in [5.41, 5.74) is 3.88. The van der Waals surface area contributed by atoms with E-state index in [1.54, 1.807) is 35.4 Å². The molecule has 160 valence electrons. The maximum atomic E-state index is 14.0. The second kappa shape index (κ2) is 8.39. The number of nitriles is 1. The van der Waals surface area contributed by atoms with Crippen LogP contribution in [0.2, 0.25) is 0 Å². The molecule has 1 fully saturated rings. The molecule has 1 aliphatic carbocycles. The maximum Gasteiger partial charge on any atom is 0.231 e. The third-order valence-corrected chi connectivity index (χ3v) is 6.17. The fourth-order valence-electron chi connectivity index (χ4n) is 4.25. The van der Waals surface area contributed by atoms with E-state index in [2.05, 4.69) is 21.4 Å². The third-order valence-electron chi connectivity index (χ3n) is 6.17. The number of benzene rings is 2. The highest BCUT2D eigenvalue weighted by molar-refractivity contribution is 5.98. The highest BCUT2D eigenvalue weighted by Crippen LogP contribution is 2.36. The monoisotopic (exact) mass is 427 g/mol. The Morgan fingerprint density at radius 2 is 2.09 bits per heavy atom. The zero-order valence-corrected chi connectivity index (χ0v) is 17.5. The largest absolute Gasteiger partial charge is 0.351 e. The van der Waals surface area contributed by atoms with Crippen molar-refractivity contribution in [1.29, 1.82) is 5.26 Å². The Morgan fingerprint density at radius 1 is 1.25 bits per heavy atom. The first-order valence-corrected chi connectivity index (χ1v) is 10.8. The minimum Gasteiger partial charge on any atom is -0.351 e. The van der Waals surface area contributed by atoms with Gasteiger partial charge in [-0.2, -0.15) is 5.26 Å². The molecule has 0 saturated heterocycles. The van der Waals surface area contributed by atoms with Crippen LogP contribution >= 0.6 is 0 Å². The van der Waals surface area contributed by atoms with E-state index in [-0.39, 0.29) is 12.3 Å². The lowest BCUT2D eigenvalue weighted by atomic mass is 9.93. The second-order valence-corrected chi connectivity index (χ2v) is 8.24. The Balaban J connectivity index is 1.43. The van der Waals surface area contributed by atoms with Crippen LogP contribution in [0.4, 0.5) is 16.0 Å². The third kappa shape index (κ3) is 3.80. The van der Waals surface area contributed by atoms with E-state index in [0.717, 1.165) is 29.7 Å². The van der Waals surface area contributed by atoms with E-state index < -0.39 is 5.82 Å². The first-order valence-electron chi connectivity index (χ1n) is 10.8. The van der Waals surface area contributed by atoms with Gasteiger partial charge in [-0.25, -0.2) is 14.4 Å². The molecule has 5 rings (SSSR count). The van der Waals surface area contributed by atoms with Crippen molar-refractivity contribution in [2.45, 2.75) is 38.1 Å². The van der Waals surface area contributed by atoms with E-state index in [4.69, 9.17) is 0 Å². The van der Waals surface area contributed by atoms with Crippen LogP contribution in [-0.2, 0) is 17.6 Å². The molecule has 0 unspecified atom stereocenters. The van der Waals surface area contributed by atoms with Crippen LogP contribution in [0.15, 0.2) is 48.7 Å². The zero-order valence-electron chi connectivity index (χ0n) is 17.5. The van der Waals surface area contributed by atoms with E-state index >= 15 is 0 Å². The Bertz CT molecular complexity index is 1230. The number of carbonyl (C=O) groups is 1. The smallest absolute Gasteiger partial charge is 0.231 e. The summed E-state index contributed by atoms with van der Waals surface area (Å²) in [7, 11) is 0. The number of amides is 1. The molecule has 0 atom stereocenters. The molecule has 0 radical (unpaired) electrons. The van der Waals surface area contributed by atoms with Gasteiger partial charge in [-0.1, -0.05) is 18.2 Å². The summed E-state index contributed by atoms with van der Waals surface area (Å²) in [4.78, 5) is 23.5. The van der Waals surface area contributed by atoms with Crippen molar-refractivity contribution in [3.8, 4) is 17.3 Å².